The maximum atomic E-state index is 12.4. The number of methoxy groups -OCH3 is 1. The van der Waals surface area contributed by atoms with E-state index < -0.39 is 12.1 Å². The number of para-hydroxylation sites is 1. The van der Waals surface area contributed by atoms with Gasteiger partial charge >= 0.3 is 5.97 Å². The van der Waals surface area contributed by atoms with Crippen LogP contribution in [0, 0.1) is 0 Å². The van der Waals surface area contributed by atoms with Gasteiger partial charge in [0.2, 0.25) is 0 Å². The Morgan fingerprint density at radius 2 is 2.00 bits per heavy atom. The number of H-pyrrole nitrogens is 1. The van der Waals surface area contributed by atoms with Crippen molar-refractivity contribution in [2.45, 2.75) is 24.9 Å². The fourth-order valence-corrected chi connectivity index (χ4v) is 3.89. The van der Waals surface area contributed by atoms with Gasteiger partial charge < -0.3 is 24.5 Å². The lowest BCUT2D eigenvalue weighted by atomic mass is 9.91. The van der Waals surface area contributed by atoms with Crippen LogP contribution in [0.3, 0.4) is 0 Å². The third-order valence-electron chi connectivity index (χ3n) is 5.56. The van der Waals surface area contributed by atoms with Crippen molar-refractivity contribution >= 4 is 22.8 Å². The highest BCUT2D eigenvalue weighted by molar-refractivity contribution is 5.85. The minimum atomic E-state index is -0.550. The van der Waals surface area contributed by atoms with Crippen LogP contribution in [-0.4, -0.2) is 49.8 Å². The molecule has 1 aromatic heterocycles. The predicted molar refractivity (Wildman–Crippen MR) is 116 cm³/mol. The Bertz CT molecular complexity index is 1040. The van der Waals surface area contributed by atoms with Crippen LogP contribution >= 0.6 is 0 Å². The van der Waals surface area contributed by atoms with Crippen molar-refractivity contribution in [1.82, 2.24) is 10.3 Å². The number of amides is 1. The lowest BCUT2D eigenvalue weighted by molar-refractivity contribution is -0.157. The zero-order valence-electron chi connectivity index (χ0n) is 17.4. The van der Waals surface area contributed by atoms with Crippen molar-refractivity contribution in [3.63, 3.8) is 0 Å². The van der Waals surface area contributed by atoms with E-state index in [1.54, 1.807) is 7.11 Å². The van der Waals surface area contributed by atoms with E-state index in [4.69, 9.17) is 14.2 Å². The number of fused-ring (bicyclic) bond motifs is 1. The van der Waals surface area contributed by atoms with Gasteiger partial charge in [-0.1, -0.05) is 30.3 Å². The molecule has 1 amide bonds. The summed E-state index contributed by atoms with van der Waals surface area (Å²) in [6, 6.07) is 15.9. The zero-order chi connectivity index (χ0) is 21.6. The number of carbonyl (C=O) groups excluding carboxylic acids is 2. The predicted octanol–water partition coefficient (Wildman–Crippen LogP) is 3.15. The van der Waals surface area contributed by atoms with Crippen LogP contribution in [0.25, 0.3) is 10.9 Å². The normalized spacial score (nSPS) is 16.7. The number of benzene rings is 2. The quantitative estimate of drug-likeness (QED) is 0.545. The Hall–Kier alpha value is -3.32. The molecule has 0 radical (unpaired) electrons. The van der Waals surface area contributed by atoms with Crippen LogP contribution in [0.15, 0.2) is 54.7 Å². The fraction of sp³-hybridized carbons (Fsp3) is 0.333. The van der Waals surface area contributed by atoms with E-state index in [-0.39, 0.29) is 18.4 Å². The lowest BCUT2D eigenvalue weighted by Gasteiger charge is -2.19. The van der Waals surface area contributed by atoms with Gasteiger partial charge in [0.15, 0.2) is 12.7 Å². The van der Waals surface area contributed by atoms with Crippen LogP contribution in [0.5, 0.6) is 5.75 Å². The third-order valence-corrected chi connectivity index (χ3v) is 5.56. The molecule has 3 aromatic rings. The van der Waals surface area contributed by atoms with Gasteiger partial charge in [0, 0.05) is 36.2 Å². The summed E-state index contributed by atoms with van der Waals surface area (Å²) in [7, 11) is 1.63. The minimum absolute atomic E-state index is 0.0835. The number of rotatable bonds is 8. The Balaban J connectivity index is 1.46. The van der Waals surface area contributed by atoms with E-state index in [1.165, 1.54) is 0 Å². The summed E-state index contributed by atoms with van der Waals surface area (Å²) >= 11 is 0. The molecule has 1 saturated heterocycles. The number of ether oxygens (including phenoxy) is 3. The van der Waals surface area contributed by atoms with Gasteiger partial charge in [-0.2, -0.15) is 0 Å². The van der Waals surface area contributed by atoms with Gasteiger partial charge in [0.25, 0.3) is 5.91 Å². The largest absolute Gasteiger partial charge is 0.497 e. The molecule has 0 saturated carbocycles. The molecule has 1 fully saturated rings. The monoisotopic (exact) mass is 422 g/mol. The molecule has 4 rings (SSSR count). The maximum Gasteiger partial charge on any atom is 0.335 e. The van der Waals surface area contributed by atoms with Gasteiger partial charge in [-0.05, 0) is 42.2 Å². The second-order valence-electron chi connectivity index (χ2n) is 7.53. The van der Waals surface area contributed by atoms with Crippen molar-refractivity contribution in [2.75, 3.05) is 26.9 Å². The average Bonchev–Trinajstić information content (AvgIpc) is 3.49. The van der Waals surface area contributed by atoms with Crippen molar-refractivity contribution in [3.8, 4) is 5.75 Å². The second-order valence-corrected chi connectivity index (χ2v) is 7.53. The number of nitrogens with one attached hydrogen (secondary N) is 2. The van der Waals surface area contributed by atoms with Crippen molar-refractivity contribution in [2.24, 2.45) is 0 Å². The van der Waals surface area contributed by atoms with E-state index in [0.717, 1.165) is 34.2 Å². The first kappa shape index (κ1) is 20.9. The fourth-order valence-electron chi connectivity index (χ4n) is 3.89. The summed E-state index contributed by atoms with van der Waals surface area (Å²) in [6.07, 6.45) is 2.90. The first-order chi connectivity index (χ1) is 15.2. The van der Waals surface area contributed by atoms with Gasteiger partial charge in [-0.3, -0.25) is 4.79 Å². The molecule has 2 heterocycles. The van der Waals surface area contributed by atoms with Crippen molar-refractivity contribution in [1.29, 1.82) is 0 Å². The second kappa shape index (κ2) is 9.66. The van der Waals surface area contributed by atoms with E-state index in [0.29, 0.717) is 19.6 Å². The molecule has 2 N–H and O–H groups in total. The molecule has 0 unspecified atom stereocenters. The molecule has 162 valence electrons. The van der Waals surface area contributed by atoms with Gasteiger partial charge in [-0.15, -0.1) is 0 Å². The van der Waals surface area contributed by atoms with Crippen molar-refractivity contribution in [3.05, 3.63) is 65.9 Å². The lowest BCUT2D eigenvalue weighted by Crippen LogP contribution is -2.34. The van der Waals surface area contributed by atoms with Crippen LogP contribution in [0.4, 0.5) is 0 Å². The third kappa shape index (κ3) is 4.88. The molecule has 0 spiro atoms. The van der Waals surface area contributed by atoms with Crippen molar-refractivity contribution < 1.29 is 23.8 Å². The Labute approximate surface area is 180 Å². The van der Waals surface area contributed by atoms with Gasteiger partial charge in [0.1, 0.15) is 5.75 Å². The highest BCUT2D eigenvalue weighted by atomic mass is 16.6. The van der Waals surface area contributed by atoms with E-state index in [1.807, 2.05) is 48.7 Å². The number of hydrogen-bond donors (Lipinski definition) is 2. The summed E-state index contributed by atoms with van der Waals surface area (Å²) in [5.41, 5.74) is 3.16. The first-order valence-corrected chi connectivity index (χ1v) is 10.4. The molecule has 7 heteroatoms. The summed E-state index contributed by atoms with van der Waals surface area (Å²) in [6.45, 7) is 0.604. The van der Waals surface area contributed by atoms with E-state index >= 15 is 0 Å². The number of carbonyl (C=O) groups is 2. The number of hydrogen-bond acceptors (Lipinski definition) is 5. The number of aromatic nitrogens is 1. The zero-order valence-corrected chi connectivity index (χ0v) is 17.4. The van der Waals surface area contributed by atoms with Gasteiger partial charge in [-0.25, -0.2) is 4.79 Å². The van der Waals surface area contributed by atoms with Crippen LogP contribution < -0.4 is 10.1 Å². The number of aromatic amines is 1. The highest BCUT2D eigenvalue weighted by Gasteiger charge is 2.26. The maximum absolute atomic E-state index is 12.4. The standard InChI is InChI=1S/C24H26N2O5/c1-29-17-10-8-16(9-11-17)19(20-14-25-21-6-3-2-5-18(20)21)13-26-23(27)15-31-24(28)22-7-4-12-30-22/h2-3,5-6,8-11,14,19,22,25H,4,7,12-13,15H2,1H3,(H,26,27)/t19-,22+/m1/s1. The Morgan fingerprint density at radius 1 is 1.19 bits per heavy atom. The smallest absolute Gasteiger partial charge is 0.335 e. The Morgan fingerprint density at radius 3 is 2.74 bits per heavy atom. The molecule has 2 atom stereocenters. The van der Waals surface area contributed by atoms with E-state index in [2.05, 4.69) is 16.4 Å². The van der Waals surface area contributed by atoms with Crippen LogP contribution in [-0.2, 0) is 19.1 Å². The number of esters is 1. The first-order valence-electron chi connectivity index (χ1n) is 10.4. The SMILES string of the molecule is COc1ccc([C@@H](CNC(=O)COC(=O)[C@@H]2CCCO2)c2c[nH]c3ccccc23)cc1. The average molecular weight is 422 g/mol. The topological polar surface area (TPSA) is 89.7 Å². The molecular weight excluding hydrogens is 396 g/mol. The molecule has 7 nitrogen and oxygen atoms in total. The summed E-state index contributed by atoms with van der Waals surface area (Å²) in [5.74, 6) is -0.132. The molecule has 1 aliphatic heterocycles. The van der Waals surface area contributed by atoms with E-state index in [9.17, 15) is 9.59 Å². The highest BCUT2D eigenvalue weighted by Crippen LogP contribution is 2.31. The molecule has 2 aromatic carbocycles. The Kier molecular flexibility index (Phi) is 6.52. The molecule has 1 aliphatic rings. The summed E-state index contributed by atoms with van der Waals surface area (Å²) < 4.78 is 15.7. The molecule has 0 bridgehead atoms. The molecular formula is C24H26N2O5. The molecule has 31 heavy (non-hydrogen) atoms. The summed E-state index contributed by atoms with van der Waals surface area (Å²) in [5, 5.41) is 4.01. The minimum Gasteiger partial charge on any atom is -0.497 e. The van der Waals surface area contributed by atoms with Crippen LogP contribution in [0.2, 0.25) is 0 Å². The van der Waals surface area contributed by atoms with Crippen LogP contribution in [0.1, 0.15) is 29.9 Å². The van der Waals surface area contributed by atoms with Gasteiger partial charge in [0.05, 0.1) is 7.11 Å². The molecule has 0 aliphatic carbocycles. The summed E-state index contributed by atoms with van der Waals surface area (Å²) in [4.78, 5) is 27.6.